The first-order valence-electron chi connectivity index (χ1n) is 7.00. The normalized spacial score (nSPS) is 12.5. The maximum absolute atomic E-state index is 6.37. The lowest BCUT2D eigenvalue weighted by molar-refractivity contribution is 0.238. The second-order valence-electron chi connectivity index (χ2n) is 5.33. The zero-order valence-corrected chi connectivity index (χ0v) is 13.3. The van der Waals surface area contributed by atoms with Crippen LogP contribution in [0.5, 0.6) is 5.75 Å². The van der Waals surface area contributed by atoms with E-state index in [9.17, 15) is 0 Å². The summed E-state index contributed by atoms with van der Waals surface area (Å²) < 4.78 is 5.87. The van der Waals surface area contributed by atoms with Crippen LogP contribution in [0.15, 0.2) is 42.5 Å². The molecule has 0 radical (unpaired) electrons. The Morgan fingerprint density at radius 2 is 1.81 bits per heavy atom. The standard InChI is InChI=1S/C17H21ClN2O/c1-11(2)21-16-7-5-4-6-14(16)17(20-19)13-9-8-12(3)10-15(13)18/h4-11,17,20H,19H2,1-3H3. The van der Waals surface area contributed by atoms with Crippen LogP contribution >= 0.6 is 11.6 Å². The summed E-state index contributed by atoms with van der Waals surface area (Å²) in [6, 6.07) is 13.6. The van der Waals surface area contributed by atoms with Gasteiger partial charge in [0.1, 0.15) is 5.75 Å². The number of halogens is 1. The Hall–Kier alpha value is -1.55. The molecule has 0 spiro atoms. The minimum absolute atomic E-state index is 0.0954. The minimum Gasteiger partial charge on any atom is -0.491 e. The molecule has 0 amide bonds. The molecule has 1 atom stereocenters. The van der Waals surface area contributed by atoms with Crippen molar-refractivity contribution in [3.05, 3.63) is 64.2 Å². The highest BCUT2D eigenvalue weighted by molar-refractivity contribution is 6.31. The molecule has 2 rings (SSSR count). The lowest BCUT2D eigenvalue weighted by Gasteiger charge is -2.22. The summed E-state index contributed by atoms with van der Waals surface area (Å²) in [6.45, 7) is 6.01. The van der Waals surface area contributed by atoms with Crippen molar-refractivity contribution in [3.8, 4) is 5.75 Å². The number of hydrazine groups is 1. The van der Waals surface area contributed by atoms with Gasteiger partial charge in [0.25, 0.3) is 0 Å². The summed E-state index contributed by atoms with van der Waals surface area (Å²) in [5.74, 6) is 6.59. The molecule has 112 valence electrons. The van der Waals surface area contributed by atoms with E-state index in [-0.39, 0.29) is 12.1 Å². The van der Waals surface area contributed by atoms with E-state index >= 15 is 0 Å². The van der Waals surface area contributed by atoms with Crippen LogP contribution in [0.1, 0.15) is 36.6 Å². The number of aryl methyl sites for hydroxylation is 1. The second kappa shape index (κ2) is 6.94. The maximum Gasteiger partial charge on any atom is 0.124 e. The quantitative estimate of drug-likeness (QED) is 0.648. The molecule has 4 heteroatoms. The Morgan fingerprint density at radius 3 is 2.43 bits per heavy atom. The minimum atomic E-state index is -0.215. The van der Waals surface area contributed by atoms with Gasteiger partial charge in [-0.15, -0.1) is 0 Å². The monoisotopic (exact) mass is 304 g/mol. The molecule has 0 aromatic heterocycles. The summed E-state index contributed by atoms with van der Waals surface area (Å²) >= 11 is 6.37. The number of ether oxygens (including phenoxy) is 1. The molecule has 1 unspecified atom stereocenters. The summed E-state index contributed by atoms with van der Waals surface area (Å²) in [7, 11) is 0. The van der Waals surface area contributed by atoms with Crippen LogP contribution in [0.3, 0.4) is 0 Å². The van der Waals surface area contributed by atoms with Gasteiger partial charge in [0, 0.05) is 10.6 Å². The Morgan fingerprint density at radius 1 is 1.10 bits per heavy atom. The number of benzene rings is 2. The Kier molecular flexibility index (Phi) is 5.23. The van der Waals surface area contributed by atoms with Crippen LogP contribution in [0, 0.1) is 6.92 Å². The molecule has 21 heavy (non-hydrogen) atoms. The summed E-state index contributed by atoms with van der Waals surface area (Å²) in [5, 5.41) is 0.692. The first-order valence-corrected chi connectivity index (χ1v) is 7.38. The molecule has 3 N–H and O–H groups in total. The van der Waals surface area contributed by atoms with E-state index in [0.717, 1.165) is 22.4 Å². The van der Waals surface area contributed by atoms with Crippen molar-refractivity contribution in [2.75, 3.05) is 0 Å². The number of para-hydroxylation sites is 1. The number of nitrogens with one attached hydrogen (secondary N) is 1. The van der Waals surface area contributed by atoms with Crippen LogP contribution in [0.4, 0.5) is 0 Å². The van der Waals surface area contributed by atoms with Crippen LogP contribution in [0.25, 0.3) is 0 Å². The molecule has 0 saturated carbocycles. The highest BCUT2D eigenvalue weighted by Crippen LogP contribution is 2.33. The molecule has 2 aromatic carbocycles. The maximum atomic E-state index is 6.37. The third-order valence-corrected chi connectivity index (χ3v) is 3.55. The van der Waals surface area contributed by atoms with E-state index in [2.05, 4.69) is 5.43 Å². The van der Waals surface area contributed by atoms with Crippen molar-refractivity contribution in [2.45, 2.75) is 32.9 Å². The Labute approximate surface area is 131 Å². The van der Waals surface area contributed by atoms with Crippen LogP contribution in [0.2, 0.25) is 5.02 Å². The highest BCUT2D eigenvalue weighted by atomic mass is 35.5. The van der Waals surface area contributed by atoms with Gasteiger partial charge < -0.3 is 4.74 Å². The molecule has 0 heterocycles. The van der Waals surface area contributed by atoms with Crippen molar-refractivity contribution < 1.29 is 4.74 Å². The van der Waals surface area contributed by atoms with Gasteiger partial charge in [0.05, 0.1) is 12.1 Å². The van der Waals surface area contributed by atoms with Crippen molar-refractivity contribution in [3.63, 3.8) is 0 Å². The van der Waals surface area contributed by atoms with Gasteiger partial charge in [-0.25, -0.2) is 5.43 Å². The number of rotatable bonds is 5. The molecule has 0 bridgehead atoms. The Bertz CT molecular complexity index is 613. The van der Waals surface area contributed by atoms with Gasteiger partial charge in [-0.3, -0.25) is 5.84 Å². The third-order valence-electron chi connectivity index (χ3n) is 3.23. The zero-order valence-electron chi connectivity index (χ0n) is 12.6. The van der Waals surface area contributed by atoms with E-state index < -0.39 is 0 Å². The predicted molar refractivity (Wildman–Crippen MR) is 87.6 cm³/mol. The van der Waals surface area contributed by atoms with Gasteiger partial charge in [-0.2, -0.15) is 0 Å². The molecule has 0 fully saturated rings. The average molecular weight is 305 g/mol. The van der Waals surface area contributed by atoms with Crippen molar-refractivity contribution in [2.24, 2.45) is 5.84 Å². The zero-order chi connectivity index (χ0) is 15.4. The summed E-state index contributed by atoms with van der Waals surface area (Å²) in [6.07, 6.45) is 0.0954. The SMILES string of the molecule is Cc1ccc(C(NN)c2ccccc2OC(C)C)c(Cl)c1. The topological polar surface area (TPSA) is 47.3 Å². The van der Waals surface area contributed by atoms with Crippen LogP contribution in [-0.4, -0.2) is 6.10 Å². The third kappa shape index (κ3) is 3.76. The number of nitrogens with two attached hydrogens (primary N) is 1. The highest BCUT2D eigenvalue weighted by Gasteiger charge is 2.19. The molecule has 0 aliphatic heterocycles. The molecular formula is C17H21ClN2O. The fourth-order valence-electron chi connectivity index (χ4n) is 2.29. The molecule has 0 aliphatic carbocycles. The second-order valence-corrected chi connectivity index (χ2v) is 5.74. The van der Waals surface area contributed by atoms with Gasteiger partial charge in [0.2, 0.25) is 0 Å². The van der Waals surface area contributed by atoms with Crippen molar-refractivity contribution in [1.29, 1.82) is 0 Å². The average Bonchev–Trinajstić information content (AvgIpc) is 2.43. The molecule has 0 aliphatic rings. The summed E-state index contributed by atoms with van der Waals surface area (Å²) in [5.41, 5.74) is 5.87. The van der Waals surface area contributed by atoms with E-state index in [0.29, 0.717) is 5.02 Å². The first-order chi connectivity index (χ1) is 10.0. The molecule has 0 saturated heterocycles. The van der Waals surface area contributed by atoms with Gasteiger partial charge in [0.15, 0.2) is 0 Å². The van der Waals surface area contributed by atoms with Crippen LogP contribution in [-0.2, 0) is 0 Å². The summed E-state index contributed by atoms with van der Waals surface area (Å²) in [4.78, 5) is 0. The fraction of sp³-hybridized carbons (Fsp3) is 0.294. The van der Waals surface area contributed by atoms with Crippen molar-refractivity contribution in [1.82, 2.24) is 5.43 Å². The Balaban J connectivity index is 2.46. The number of hydrogen-bond acceptors (Lipinski definition) is 3. The van der Waals surface area contributed by atoms with Gasteiger partial charge >= 0.3 is 0 Å². The van der Waals surface area contributed by atoms with Gasteiger partial charge in [-0.1, -0.05) is 41.9 Å². The fourth-order valence-corrected chi connectivity index (χ4v) is 2.64. The van der Waals surface area contributed by atoms with E-state index in [1.54, 1.807) is 0 Å². The van der Waals surface area contributed by atoms with E-state index in [1.165, 1.54) is 0 Å². The smallest absolute Gasteiger partial charge is 0.124 e. The molecule has 2 aromatic rings. The molecule has 3 nitrogen and oxygen atoms in total. The number of hydrogen-bond donors (Lipinski definition) is 2. The molecular weight excluding hydrogens is 284 g/mol. The van der Waals surface area contributed by atoms with Gasteiger partial charge in [-0.05, 0) is 44.0 Å². The van der Waals surface area contributed by atoms with Crippen molar-refractivity contribution >= 4 is 11.6 Å². The largest absolute Gasteiger partial charge is 0.491 e. The lowest BCUT2D eigenvalue weighted by atomic mass is 9.97. The van der Waals surface area contributed by atoms with Crippen LogP contribution < -0.4 is 16.0 Å². The first kappa shape index (κ1) is 15.8. The lowest BCUT2D eigenvalue weighted by Crippen LogP contribution is -2.29. The van der Waals surface area contributed by atoms with E-state index in [1.807, 2.05) is 63.2 Å². The van der Waals surface area contributed by atoms with E-state index in [4.69, 9.17) is 22.2 Å². The predicted octanol–water partition coefficient (Wildman–Crippen LogP) is 3.99.